The molecule has 0 unspecified atom stereocenters. The van der Waals surface area contributed by atoms with Gasteiger partial charge in [0.2, 0.25) is 5.91 Å². The van der Waals surface area contributed by atoms with E-state index in [0.717, 1.165) is 60.8 Å². The highest BCUT2D eigenvalue weighted by Crippen LogP contribution is 2.44. The van der Waals surface area contributed by atoms with Crippen LogP contribution in [0.5, 0.6) is 0 Å². The third-order valence-corrected chi connectivity index (χ3v) is 19.4. The second-order valence-corrected chi connectivity index (χ2v) is 27.0. The zero-order valence-corrected chi connectivity index (χ0v) is 50.1. The van der Waals surface area contributed by atoms with Gasteiger partial charge in [-0.15, -0.1) is 0 Å². The number of fused-ring (bicyclic) bond motifs is 4. The first-order valence-corrected chi connectivity index (χ1v) is 31.3. The Morgan fingerprint density at radius 1 is 0.659 bits per heavy atom. The smallest absolute Gasteiger partial charge is 0.423 e. The Morgan fingerprint density at radius 2 is 1.22 bits per heavy atom. The van der Waals surface area contributed by atoms with Crippen molar-refractivity contribution in [1.82, 2.24) is 15.1 Å². The molecule has 0 spiro atoms. The lowest BCUT2D eigenvalue weighted by atomic mass is 9.77. The molecule has 1 amide bonds. The third kappa shape index (κ3) is 14.3. The number of ether oxygens (including phenoxy) is 2. The minimum Gasteiger partial charge on any atom is -0.423 e. The summed E-state index contributed by atoms with van der Waals surface area (Å²) in [7, 11) is 2.77. The normalized spacial score (nSPS) is 13.6. The minimum absolute atomic E-state index is 0.0261. The average Bonchev–Trinajstić information content (AvgIpc) is 3.04. The van der Waals surface area contributed by atoms with Gasteiger partial charge >= 0.3 is 14.2 Å². The number of amides is 1. The van der Waals surface area contributed by atoms with Crippen LogP contribution >= 0.6 is 0 Å². The lowest BCUT2D eigenvalue weighted by Crippen LogP contribution is -2.49. The molecule has 16 heteroatoms. The van der Waals surface area contributed by atoms with Crippen molar-refractivity contribution >= 4 is 88.6 Å². The molecule has 0 bridgehead atoms. The fourth-order valence-electron chi connectivity index (χ4n) is 11.3. The molecule has 0 radical (unpaired) electrons. The second kappa shape index (κ2) is 27.5. The number of nitrogens with zero attached hydrogens (tertiary/aromatic N) is 4. The largest absolute Gasteiger partial charge is 0.488 e. The Balaban J connectivity index is 1.32. The van der Waals surface area contributed by atoms with E-state index in [1.165, 1.54) is 27.1 Å². The summed E-state index contributed by atoms with van der Waals surface area (Å²) in [6.45, 7) is 20.4. The van der Waals surface area contributed by atoms with Crippen LogP contribution in [0.1, 0.15) is 60.1 Å². The molecular formula is C66H80B2N5O8Si+. The summed E-state index contributed by atoms with van der Waals surface area (Å²) >= 11 is 0. The maximum Gasteiger partial charge on any atom is 0.488 e. The van der Waals surface area contributed by atoms with E-state index >= 15 is 0 Å². The number of ketones is 1. The monoisotopic (exact) mass is 1120 g/mol. The SMILES string of the molecule is C=C(C)C(=O)CCCOCCN(Cc1ccccc1B(O)O)Cc1c2ccccc2c(CN(CCOCCNC(=O)C(=C)C)Cc2ccccc2B(O)O)c2ccc(C3=C4C=CC(=[N+](C)C)C=C4[Si](C)(C)c4cc(N(C)C)ccc43)cc12. The van der Waals surface area contributed by atoms with Crippen molar-refractivity contribution in [2.75, 3.05) is 79.2 Å². The molecule has 0 saturated carbocycles. The van der Waals surface area contributed by atoms with Crippen LogP contribution in [0.4, 0.5) is 5.69 Å². The van der Waals surface area contributed by atoms with Gasteiger partial charge in [0.15, 0.2) is 11.5 Å². The minimum atomic E-state index is -2.28. The molecular weight excluding hydrogens is 1040 g/mol. The van der Waals surface area contributed by atoms with Crippen molar-refractivity contribution in [3.05, 3.63) is 196 Å². The van der Waals surface area contributed by atoms with Gasteiger partial charge in [0, 0.05) is 96.3 Å². The van der Waals surface area contributed by atoms with Gasteiger partial charge in [0.1, 0.15) is 22.2 Å². The van der Waals surface area contributed by atoms with E-state index in [1.807, 2.05) is 36.4 Å². The molecule has 8 rings (SSSR count). The molecule has 0 aromatic heterocycles. The van der Waals surface area contributed by atoms with E-state index in [4.69, 9.17) is 9.47 Å². The number of hydrogen-bond donors (Lipinski definition) is 5. The van der Waals surface area contributed by atoms with Crippen molar-refractivity contribution in [3.8, 4) is 0 Å². The van der Waals surface area contributed by atoms with Crippen LogP contribution in [-0.2, 0) is 45.2 Å². The second-order valence-electron chi connectivity index (χ2n) is 22.6. The fourth-order valence-corrected chi connectivity index (χ4v) is 14.4. The summed E-state index contributed by atoms with van der Waals surface area (Å²) in [5.74, 6) is -0.195. The summed E-state index contributed by atoms with van der Waals surface area (Å²) in [6, 6.07) is 37.2. The number of carbonyl (C=O) groups excluding carboxylic acids is 2. The Labute approximate surface area is 486 Å². The van der Waals surface area contributed by atoms with Crippen molar-refractivity contribution in [2.24, 2.45) is 0 Å². The standard InChI is InChI=1S/C66H79B2N5O8Si/c1-45(2)62(74)24-17-34-80-36-32-73(42-49-19-12-16-23-61(49)68(78)79)44-59-53-21-14-13-20-52(53)58(43-72(33-37-81-35-31-69-66(75)46(3)4)41-48-18-11-15-22-60(48)67(76)77)54-28-25-47(38-57(54)59)65-55-29-26-50(70(5)6)39-63(55)82(9,10)64-40-51(71(7)8)27-30-56(64)65/h11-16,18-23,25-30,38-40,76-79H,1,3,17,24,31-37,41-44H2,2,4-10H3/p+1. The first-order valence-electron chi connectivity index (χ1n) is 28.3. The van der Waals surface area contributed by atoms with E-state index in [-0.39, 0.29) is 11.7 Å². The summed E-state index contributed by atoms with van der Waals surface area (Å²) in [4.78, 5) is 31.5. The molecule has 1 aliphatic heterocycles. The Kier molecular flexibility index (Phi) is 20.5. The van der Waals surface area contributed by atoms with Crippen LogP contribution in [0.3, 0.4) is 0 Å². The van der Waals surface area contributed by atoms with E-state index in [0.29, 0.717) is 107 Å². The number of hydrogen-bond acceptors (Lipinski definition) is 11. The van der Waals surface area contributed by atoms with Crippen molar-refractivity contribution in [2.45, 2.75) is 66.0 Å². The van der Waals surface area contributed by atoms with Crippen molar-refractivity contribution in [3.63, 3.8) is 0 Å². The van der Waals surface area contributed by atoms with Gasteiger partial charge in [0.25, 0.3) is 0 Å². The summed E-state index contributed by atoms with van der Waals surface area (Å²) in [5.41, 5.74) is 12.6. The number of Topliss-reactive ketones (excluding diaryl/α,β-unsaturated/α-hetero) is 1. The van der Waals surface area contributed by atoms with Gasteiger partial charge < -0.3 is 39.8 Å². The predicted molar refractivity (Wildman–Crippen MR) is 339 cm³/mol. The van der Waals surface area contributed by atoms with Gasteiger partial charge in [-0.25, -0.2) is 4.58 Å². The topological polar surface area (TPSA) is 158 Å². The molecule has 1 aliphatic carbocycles. The average molecular weight is 1120 g/mol. The molecule has 0 atom stereocenters. The summed E-state index contributed by atoms with van der Waals surface area (Å²) < 4.78 is 14.6. The lowest BCUT2D eigenvalue weighted by molar-refractivity contribution is -0.462. The molecule has 426 valence electrons. The van der Waals surface area contributed by atoms with Crippen LogP contribution in [0.2, 0.25) is 13.1 Å². The molecule has 82 heavy (non-hydrogen) atoms. The fraction of sp³-hybridized carbons (Fsp3) is 0.318. The Bertz CT molecular complexity index is 3510. The van der Waals surface area contributed by atoms with E-state index in [1.54, 1.807) is 26.0 Å². The van der Waals surface area contributed by atoms with Crippen LogP contribution in [0.25, 0.3) is 27.1 Å². The third-order valence-electron chi connectivity index (χ3n) is 15.9. The summed E-state index contributed by atoms with van der Waals surface area (Å²) in [5, 5.41) is 52.3. The van der Waals surface area contributed by atoms with Crippen molar-refractivity contribution < 1.29 is 43.7 Å². The maximum atomic E-state index is 12.4. The number of anilines is 1. The highest BCUT2D eigenvalue weighted by molar-refractivity contribution is 6.98. The first-order chi connectivity index (χ1) is 39.2. The molecule has 0 fully saturated rings. The van der Waals surface area contributed by atoms with E-state index < -0.39 is 22.3 Å². The van der Waals surface area contributed by atoms with E-state index in [2.05, 4.69) is 158 Å². The van der Waals surface area contributed by atoms with E-state index in [9.17, 15) is 29.7 Å². The van der Waals surface area contributed by atoms with Crippen LogP contribution in [0, 0.1) is 0 Å². The zero-order chi connectivity index (χ0) is 58.8. The lowest BCUT2D eigenvalue weighted by Gasteiger charge is -2.38. The maximum absolute atomic E-state index is 12.4. The quantitative estimate of drug-likeness (QED) is 0.0125. The Morgan fingerprint density at radius 3 is 1.78 bits per heavy atom. The number of rotatable bonds is 27. The Hall–Kier alpha value is -6.82. The van der Waals surface area contributed by atoms with Crippen LogP contribution in [-0.4, -0.2) is 148 Å². The molecule has 6 aromatic carbocycles. The number of benzene rings is 6. The molecule has 1 heterocycles. The highest BCUT2D eigenvalue weighted by Gasteiger charge is 2.41. The van der Waals surface area contributed by atoms with Gasteiger partial charge in [-0.05, 0) is 137 Å². The molecule has 0 saturated heterocycles. The number of nitrogens with one attached hydrogen (secondary N) is 1. The molecule has 2 aliphatic rings. The highest BCUT2D eigenvalue weighted by atomic mass is 28.3. The van der Waals surface area contributed by atoms with Crippen molar-refractivity contribution in [1.29, 1.82) is 0 Å². The van der Waals surface area contributed by atoms with Crippen LogP contribution in [0.15, 0.2) is 162 Å². The number of allylic oxidation sites excluding steroid dienone is 6. The van der Waals surface area contributed by atoms with Gasteiger partial charge in [-0.2, -0.15) is 0 Å². The molecule has 6 aromatic rings. The van der Waals surface area contributed by atoms with Gasteiger partial charge in [-0.3, -0.25) is 19.4 Å². The van der Waals surface area contributed by atoms with Crippen LogP contribution < -0.4 is 26.3 Å². The predicted octanol–water partition coefficient (Wildman–Crippen LogP) is 6.55. The summed E-state index contributed by atoms with van der Waals surface area (Å²) in [6.07, 6.45) is 7.88. The first kappa shape index (κ1) is 61.3. The number of carbonyl (C=O) groups is 2. The van der Waals surface area contributed by atoms with Gasteiger partial charge in [0.05, 0.1) is 19.8 Å². The molecule has 5 N–H and O–H groups in total. The van der Waals surface area contributed by atoms with Gasteiger partial charge in [-0.1, -0.05) is 117 Å². The zero-order valence-electron chi connectivity index (χ0n) is 49.1. The molecule has 13 nitrogen and oxygen atoms in total.